The molecule has 0 bridgehead atoms. The predicted octanol–water partition coefficient (Wildman–Crippen LogP) is 0.912. The molecule has 0 radical (unpaired) electrons. The average Bonchev–Trinajstić information content (AvgIpc) is 2.30. The first-order chi connectivity index (χ1) is 8.77. The number of carbonyl (C=O) groups is 3. The Labute approximate surface area is 111 Å². The van der Waals surface area contributed by atoms with E-state index in [1.807, 2.05) is 0 Å². The van der Waals surface area contributed by atoms with Crippen molar-refractivity contribution >= 4 is 18.0 Å². The molecule has 0 aliphatic rings. The monoisotopic (exact) mass is 272 g/mol. The van der Waals surface area contributed by atoms with Crippen molar-refractivity contribution in [3.63, 3.8) is 0 Å². The molecule has 0 aliphatic heterocycles. The molecule has 0 aromatic carbocycles. The maximum absolute atomic E-state index is 11.8. The third-order valence-corrected chi connectivity index (χ3v) is 2.37. The second kappa shape index (κ2) is 8.12. The van der Waals surface area contributed by atoms with E-state index in [9.17, 15) is 14.4 Å². The van der Waals surface area contributed by atoms with Gasteiger partial charge < -0.3 is 20.4 Å². The molecule has 108 valence electrons. The first kappa shape index (κ1) is 16.9. The summed E-state index contributed by atoms with van der Waals surface area (Å²) in [4.78, 5) is 34.6. The molecule has 0 saturated heterocycles. The minimum absolute atomic E-state index is 0.152. The largest absolute Gasteiger partial charge is 0.481 e. The van der Waals surface area contributed by atoms with Crippen LogP contribution in [0.1, 0.15) is 26.7 Å². The highest BCUT2D eigenvalue weighted by atomic mass is 16.4. The third kappa shape index (κ3) is 7.07. The Kier molecular flexibility index (Phi) is 7.25. The summed E-state index contributed by atoms with van der Waals surface area (Å²) in [6.07, 6.45) is -0.467. The number of rotatable bonds is 8. The molecule has 0 saturated carbocycles. The summed E-state index contributed by atoms with van der Waals surface area (Å²) in [7, 11) is 0. The Balaban J connectivity index is 4.55. The van der Waals surface area contributed by atoms with Crippen LogP contribution >= 0.6 is 0 Å². The van der Waals surface area contributed by atoms with E-state index in [0.717, 1.165) is 5.57 Å². The van der Waals surface area contributed by atoms with Gasteiger partial charge in [0, 0.05) is 19.5 Å². The Hall–Kier alpha value is -2.05. The molecule has 0 aromatic heterocycles. The summed E-state index contributed by atoms with van der Waals surface area (Å²) < 4.78 is 0. The van der Waals surface area contributed by atoms with Crippen LogP contribution in [-0.4, -0.2) is 52.2 Å². The Morgan fingerprint density at radius 2 is 1.89 bits per heavy atom. The van der Waals surface area contributed by atoms with Crippen molar-refractivity contribution in [2.75, 3.05) is 13.1 Å². The number of hydrogen-bond acceptors (Lipinski definition) is 3. The van der Waals surface area contributed by atoms with E-state index in [1.165, 1.54) is 4.90 Å². The molecule has 0 unspecified atom stereocenters. The maximum Gasteiger partial charge on any atom is 0.326 e. The first-order valence-electron chi connectivity index (χ1n) is 5.92. The second-order valence-corrected chi connectivity index (χ2v) is 4.24. The van der Waals surface area contributed by atoms with E-state index in [-0.39, 0.29) is 12.8 Å². The van der Waals surface area contributed by atoms with Gasteiger partial charge in [0.1, 0.15) is 6.04 Å². The van der Waals surface area contributed by atoms with E-state index >= 15 is 0 Å². The molecule has 19 heavy (non-hydrogen) atoms. The molecule has 2 amide bonds. The summed E-state index contributed by atoms with van der Waals surface area (Å²) in [5.41, 5.74) is 0.773. The fraction of sp³-hybridized carbons (Fsp3) is 0.583. The van der Waals surface area contributed by atoms with Gasteiger partial charge in [-0.2, -0.15) is 0 Å². The minimum atomic E-state index is -1.25. The number of carboxylic acids is 2. The van der Waals surface area contributed by atoms with Gasteiger partial charge in [-0.3, -0.25) is 4.79 Å². The van der Waals surface area contributed by atoms with Crippen LogP contribution in [-0.2, 0) is 9.59 Å². The van der Waals surface area contributed by atoms with Crippen molar-refractivity contribution < 1.29 is 24.6 Å². The first-order valence-corrected chi connectivity index (χ1v) is 5.92. The van der Waals surface area contributed by atoms with E-state index in [4.69, 9.17) is 10.2 Å². The lowest BCUT2D eigenvalue weighted by Gasteiger charge is -2.23. The van der Waals surface area contributed by atoms with Gasteiger partial charge in [-0.15, -0.1) is 0 Å². The summed E-state index contributed by atoms with van der Waals surface area (Å²) in [5, 5.41) is 19.8. The number of likely N-dealkylation sites (N-methyl/N-ethyl adjacent to an activating group) is 1. The van der Waals surface area contributed by atoms with Crippen molar-refractivity contribution in [2.24, 2.45) is 0 Å². The lowest BCUT2D eigenvalue weighted by atomic mass is 10.1. The lowest BCUT2D eigenvalue weighted by Crippen LogP contribution is -2.48. The fourth-order valence-electron chi connectivity index (χ4n) is 1.42. The SMILES string of the molecule is C=C(C)CN(CC)C(=O)N[C@@H](CCC(=O)O)C(=O)O. The molecular weight excluding hydrogens is 252 g/mol. The van der Waals surface area contributed by atoms with Crippen molar-refractivity contribution in [1.82, 2.24) is 10.2 Å². The number of amides is 2. The minimum Gasteiger partial charge on any atom is -0.481 e. The normalized spacial score (nSPS) is 11.5. The molecule has 0 rings (SSSR count). The topological polar surface area (TPSA) is 107 Å². The maximum atomic E-state index is 11.8. The number of aliphatic carboxylic acids is 2. The van der Waals surface area contributed by atoms with Gasteiger partial charge in [-0.1, -0.05) is 12.2 Å². The van der Waals surface area contributed by atoms with Crippen molar-refractivity contribution in [2.45, 2.75) is 32.7 Å². The number of carbonyl (C=O) groups excluding carboxylic acids is 1. The van der Waals surface area contributed by atoms with Crippen LogP contribution < -0.4 is 5.32 Å². The van der Waals surface area contributed by atoms with Gasteiger partial charge in [-0.25, -0.2) is 9.59 Å². The summed E-state index contributed by atoms with van der Waals surface area (Å²) >= 11 is 0. The van der Waals surface area contributed by atoms with E-state index in [1.54, 1.807) is 13.8 Å². The van der Waals surface area contributed by atoms with Crippen molar-refractivity contribution in [3.8, 4) is 0 Å². The zero-order chi connectivity index (χ0) is 15.0. The highest BCUT2D eigenvalue weighted by molar-refractivity contribution is 5.83. The summed E-state index contributed by atoms with van der Waals surface area (Å²) in [5.74, 6) is -2.35. The fourth-order valence-corrected chi connectivity index (χ4v) is 1.42. The molecule has 0 spiro atoms. The molecule has 0 heterocycles. The van der Waals surface area contributed by atoms with Crippen LogP contribution in [0.5, 0.6) is 0 Å². The van der Waals surface area contributed by atoms with Gasteiger partial charge in [0.25, 0.3) is 0 Å². The van der Waals surface area contributed by atoms with Gasteiger partial charge in [0.15, 0.2) is 0 Å². The number of nitrogens with zero attached hydrogens (tertiary/aromatic N) is 1. The molecule has 0 aromatic rings. The van der Waals surface area contributed by atoms with Gasteiger partial charge in [-0.05, 0) is 20.3 Å². The van der Waals surface area contributed by atoms with Crippen molar-refractivity contribution in [1.29, 1.82) is 0 Å². The van der Waals surface area contributed by atoms with Crippen LogP contribution in [0.15, 0.2) is 12.2 Å². The van der Waals surface area contributed by atoms with Gasteiger partial charge in [0.05, 0.1) is 0 Å². The summed E-state index contributed by atoms with van der Waals surface area (Å²) in [6, 6.07) is -1.74. The lowest BCUT2D eigenvalue weighted by molar-refractivity contribution is -0.140. The Morgan fingerprint density at radius 1 is 1.32 bits per heavy atom. The van der Waals surface area contributed by atoms with Crippen LogP contribution in [0.25, 0.3) is 0 Å². The highest BCUT2D eigenvalue weighted by Crippen LogP contribution is 2.02. The van der Waals surface area contributed by atoms with Crippen LogP contribution in [0.4, 0.5) is 4.79 Å². The zero-order valence-corrected chi connectivity index (χ0v) is 11.2. The summed E-state index contributed by atoms with van der Waals surface area (Å²) in [6.45, 7) is 7.94. The molecule has 3 N–H and O–H groups in total. The molecule has 0 fully saturated rings. The highest BCUT2D eigenvalue weighted by Gasteiger charge is 2.23. The molecule has 1 atom stereocenters. The third-order valence-electron chi connectivity index (χ3n) is 2.37. The standard InChI is InChI=1S/C12H20N2O5/c1-4-14(7-8(2)3)12(19)13-9(11(17)18)5-6-10(15)16/h9H,2,4-7H2,1,3H3,(H,13,19)(H,15,16)(H,17,18)/t9-/m0/s1. The number of urea groups is 1. The average molecular weight is 272 g/mol. The Bertz CT molecular complexity index is 367. The van der Waals surface area contributed by atoms with Crippen molar-refractivity contribution in [3.05, 3.63) is 12.2 Å². The Morgan fingerprint density at radius 3 is 2.26 bits per heavy atom. The van der Waals surface area contributed by atoms with Gasteiger partial charge in [0.2, 0.25) is 0 Å². The van der Waals surface area contributed by atoms with E-state index in [0.29, 0.717) is 13.1 Å². The quantitative estimate of drug-likeness (QED) is 0.569. The van der Waals surface area contributed by atoms with Gasteiger partial charge >= 0.3 is 18.0 Å². The molecule has 7 nitrogen and oxygen atoms in total. The molecule has 7 heteroatoms. The molecule has 0 aliphatic carbocycles. The number of hydrogen-bond donors (Lipinski definition) is 3. The van der Waals surface area contributed by atoms with E-state index in [2.05, 4.69) is 11.9 Å². The van der Waals surface area contributed by atoms with Crippen LogP contribution in [0, 0.1) is 0 Å². The number of carboxylic acid groups (broad SMARTS) is 2. The zero-order valence-electron chi connectivity index (χ0n) is 11.2. The second-order valence-electron chi connectivity index (χ2n) is 4.24. The van der Waals surface area contributed by atoms with E-state index < -0.39 is 24.0 Å². The smallest absolute Gasteiger partial charge is 0.326 e. The molecular formula is C12H20N2O5. The van der Waals surface area contributed by atoms with Crippen LogP contribution in [0.3, 0.4) is 0 Å². The number of nitrogens with one attached hydrogen (secondary N) is 1. The predicted molar refractivity (Wildman–Crippen MR) is 68.9 cm³/mol. The van der Waals surface area contributed by atoms with Crippen LogP contribution in [0.2, 0.25) is 0 Å².